The summed E-state index contributed by atoms with van der Waals surface area (Å²) in [5.41, 5.74) is 0.562. The zero-order valence-corrected chi connectivity index (χ0v) is 12.7. The molecule has 0 aromatic heterocycles. The number of hydrogen-bond donors (Lipinski definition) is 1. The summed E-state index contributed by atoms with van der Waals surface area (Å²) < 4.78 is 0. The van der Waals surface area contributed by atoms with Gasteiger partial charge < -0.3 is 10.2 Å². The first-order chi connectivity index (χ1) is 8.65. The van der Waals surface area contributed by atoms with E-state index < -0.39 is 0 Å². The van der Waals surface area contributed by atoms with E-state index in [2.05, 4.69) is 31.1 Å². The lowest BCUT2D eigenvalue weighted by atomic mass is 9.70. The average Bonchev–Trinajstić information content (AvgIpc) is 2.28. The smallest absolute Gasteiger partial charge is 0.00924 e. The molecule has 1 N–H and O–H groups in total. The Morgan fingerprint density at radius 3 is 2.33 bits per heavy atom. The molecule has 0 unspecified atom stereocenters. The molecular formula is C16H32N2. The monoisotopic (exact) mass is 252 g/mol. The SMILES string of the molecule is CCNCC1(CN(C)C2CCC2)CCC(C)CC1. The molecule has 0 heterocycles. The van der Waals surface area contributed by atoms with Crippen LogP contribution in [0.1, 0.15) is 58.8 Å². The zero-order chi connectivity index (χ0) is 13.0. The summed E-state index contributed by atoms with van der Waals surface area (Å²) in [6.45, 7) is 8.32. The summed E-state index contributed by atoms with van der Waals surface area (Å²) in [5, 5.41) is 3.63. The Balaban J connectivity index is 1.90. The fourth-order valence-corrected chi connectivity index (χ4v) is 3.64. The maximum atomic E-state index is 3.63. The van der Waals surface area contributed by atoms with Gasteiger partial charge in [-0.1, -0.05) is 33.1 Å². The first-order valence-electron chi connectivity index (χ1n) is 8.06. The third-order valence-corrected chi connectivity index (χ3v) is 5.37. The Bertz CT molecular complexity index is 234. The second-order valence-corrected chi connectivity index (χ2v) is 6.96. The summed E-state index contributed by atoms with van der Waals surface area (Å²) in [5.74, 6) is 0.953. The van der Waals surface area contributed by atoms with Crippen molar-refractivity contribution in [1.82, 2.24) is 10.2 Å². The molecule has 0 amide bonds. The van der Waals surface area contributed by atoms with E-state index in [-0.39, 0.29) is 0 Å². The van der Waals surface area contributed by atoms with E-state index in [1.54, 1.807) is 0 Å². The van der Waals surface area contributed by atoms with Crippen LogP contribution in [0.3, 0.4) is 0 Å². The first kappa shape index (κ1) is 14.3. The van der Waals surface area contributed by atoms with Crippen LogP contribution in [0.4, 0.5) is 0 Å². The molecule has 2 heteroatoms. The molecule has 0 radical (unpaired) electrons. The van der Waals surface area contributed by atoms with Crippen LogP contribution in [0.5, 0.6) is 0 Å². The summed E-state index contributed by atoms with van der Waals surface area (Å²) in [7, 11) is 2.36. The van der Waals surface area contributed by atoms with Gasteiger partial charge in [-0.3, -0.25) is 0 Å². The molecule has 0 spiro atoms. The molecule has 2 saturated carbocycles. The van der Waals surface area contributed by atoms with Crippen LogP contribution >= 0.6 is 0 Å². The van der Waals surface area contributed by atoms with Crippen LogP contribution in [0, 0.1) is 11.3 Å². The van der Waals surface area contributed by atoms with Crippen molar-refractivity contribution >= 4 is 0 Å². The molecule has 0 bridgehead atoms. The van der Waals surface area contributed by atoms with Crippen molar-refractivity contribution in [1.29, 1.82) is 0 Å². The summed E-state index contributed by atoms with van der Waals surface area (Å²) in [4.78, 5) is 2.66. The van der Waals surface area contributed by atoms with Crippen LogP contribution in [0.25, 0.3) is 0 Å². The minimum absolute atomic E-state index is 0.562. The van der Waals surface area contributed by atoms with E-state index >= 15 is 0 Å². The van der Waals surface area contributed by atoms with Gasteiger partial charge in [-0.05, 0) is 50.6 Å². The Morgan fingerprint density at radius 1 is 1.17 bits per heavy atom. The molecule has 2 aliphatic rings. The molecule has 2 aliphatic carbocycles. The number of nitrogens with one attached hydrogen (secondary N) is 1. The fourth-order valence-electron chi connectivity index (χ4n) is 3.64. The van der Waals surface area contributed by atoms with Crippen molar-refractivity contribution < 1.29 is 0 Å². The second-order valence-electron chi connectivity index (χ2n) is 6.96. The normalized spacial score (nSPS) is 33.7. The molecule has 0 aromatic rings. The van der Waals surface area contributed by atoms with E-state index in [0.29, 0.717) is 5.41 Å². The molecule has 2 rings (SSSR count). The van der Waals surface area contributed by atoms with Crippen LogP contribution in [0.2, 0.25) is 0 Å². The standard InChI is InChI=1S/C16H32N2/c1-4-17-12-16(10-8-14(2)9-11-16)13-18(3)15-6-5-7-15/h14-15,17H,4-13H2,1-3H3. The van der Waals surface area contributed by atoms with E-state index in [4.69, 9.17) is 0 Å². The number of nitrogens with zero attached hydrogens (tertiary/aromatic N) is 1. The van der Waals surface area contributed by atoms with Crippen molar-refractivity contribution in [2.75, 3.05) is 26.7 Å². The van der Waals surface area contributed by atoms with Gasteiger partial charge in [0.2, 0.25) is 0 Å². The maximum Gasteiger partial charge on any atom is 0.00924 e. The Hall–Kier alpha value is -0.0800. The highest BCUT2D eigenvalue weighted by Gasteiger charge is 2.36. The Labute approximate surface area is 114 Å². The summed E-state index contributed by atoms with van der Waals surface area (Å²) in [6, 6.07) is 0.892. The van der Waals surface area contributed by atoms with Crippen LogP contribution in [-0.2, 0) is 0 Å². The van der Waals surface area contributed by atoms with Gasteiger partial charge in [0.25, 0.3) is 0 Å². The van der Waals surface area contributed by atoms with Crippen molar-refractivity contribution in [3.05, 3.63) is 0 Å². The van der Waals surface area contributed by atoms with E-state index in [1.165, 1.54) is 58.0 Å². The largest absolute Gasteiger partial charge is 0.316 e. The predicted octanol–water partition coefficient (Wildman–Crippen LogP) is 3.28. The second kappa shape index (κ2) is 6.38. The first-order valence-corrected chi connectivity index (χ1v) is 8.06. The third kappa shape index (κ3) is 3.48. The molecule has 0 saturated heterocycles. The maximum absolute atomic E-state index is 3.63. The van der Waals surface area contributed by atoms with E-state index in [1.807, 2.05) is 0 Å². The molecular weight excluding hydrogens is 220 g/mol. The average molecular weight is 252 g/mol. The van der Waals surface area contributed by atoms with Gasteiger partial charge in [-0.15, -0.1) is 0 Å². The minimum atomic E-state index is 0.562. The number of hydrogen-bond acceptors (Lipinski definition) is 2. The highest BCUT2D eigenvalue weighted by Crippen LogP contribution is 2.40. The fraction of sp³-hybridized carbons (Fsp3) is 1.00. The van der Waals surface area contributed by atoms with Crippen molar-refractivity contribution in [2.45, 2.75) is 64.8 Å². The minimum Gasteiger partial charge on any atom is -0.316 e. The van der Waals surface area contributed by atoms with Crippen molar-refractivity contribution in [3.63, 3.8) is 0 Å². The zero-order valence-electron chi connectivity index (χ0n) is 12.7. The molecule has 0 aliphatic heterocycles. The Morgan fingerprint density at radius 2 is 1.83 bits per heavy atom. The van der Waals surface area contributed by atoms with Gasteiger partial charge in [-0.25, -0.2) is 0 Å². The highest BCUT2D eigenvalue weighted by atomic mass is 15.1. The lowest BCUT2D eigenvalue weighted by Gasteiger charge is -2.45. The van der Waals surface area contributed by atoms with Gasteiger partial charge in [0.15, 0.2) is 0 Å². The third-order valence-electron chi connectivity index (χ3n) is 5.37. The van der Waals surface area contributed by atoms with Gasteiger partial charge in [0, 0.05) is 19.1 Å². The van der Waals surface area contributed by atoms with Crippen LogP contribution in [0.15, 0.2) is 0 Å². The molecule has 0 aromatic carbocycles. The van der Waals surface area contributed by atoms with Gasteiger partial charge in [0.05, 0.1) is 0 Å². The quantitative estimate of drug-likeness (QED) is 0.780. The van der Waals surface area contributed by atoms with E-state index in [0.717, 1.165) is 18.5 Å². The van der Waals surface area contributed by atoms with Crippen LogP contribution in [-0.4, -0.2) is 37.6 Å². The molecule has 2 nitrogen and oxygen atoms in total. The Kier molecular flexibility index (Phi) is 5.08. The lowest BCUT2D eigenvalue weighted by molar-refractivity contribution is 0.0563. The molecule has 0 atom stereocenters. The van der Waals surface area contributed by atoms with Gasteiger partial charge in [0.1, 0.15) is 0 Å². The molecule has 2 fully saturated rings. The predicted molar refractivity (Wildman–Crippen MR) is 78.9 cm³/mol. The molecule has 106 valence electrons. The topological polar surface area (TPSA) is 15.3 Å². The van der Waals surface area contributed by atoms with Crippen LogP contribution < -0.4 is 5.32 Å². The van der Waals surface area contributed by atoms with Gasteiger partial charge in [-0.2, -0.15) is 0 Å². The molecule has 18 heavy (non-hydrogen) atoms. The highest BCUT2D eigenvalue weighted by molar-refractivity contribution is 4.91. The number of rotatable bonds is 6. The van der Waals surface area contributed by atoms with Gasteiger partial charge >= 0.3 is 0 Å². The van der Waals surface area contributed by atoms with Crippen molar-refractivity contribution in [3.8, 4) is 0 Å². The van der Waals surface area contributed by atoms with Crippen molar-refractivity contribution in [2.24, 2.45) is 11.3 Å². The summed E-state index contributed by atoms with van der Waals surface area (Å²) in [6.07, 6.45) is 10.0. The van der Waals surface area contributed by atoms with E-state index in [9.17, 15) is 0 Å². The summed E-state index contributed by atoms with van der Waals surface area (Å²) >= 11 is 0. The lowest BCUT2D eigenvalue weighted by Crippen LogP contribution is -2.49.